The number of phenolic OH excluding ortho intramolecular Hbond substituents is 4. The number of phenols is 4. The Hall–Kier alpha value is -5.25. The molecule has 5 rings (SSSR count). The fourth-order valence-electron chi connectivity index (χ4n) is 4.57. The third kappa shape index (κ3) is 3.97. The van der Waals surface area contributed by atoms with Gasteiger partial charge in [-0.2, -0.15) is 0 Å². The largest absolute Gasteiger partial charge is 0.507 e. The fourth-order valence-corrected chi connectivity index (χ4v) is 4.57. The van der Waals surface area contributed by atoms with Crippen molar-refractivity contribution in [3.8, 4) is 40.1 Å². The van der Waals surface area contributed by atoms with Gasteiger partial charge in [0.15, 0.2) is 17.3 Å². The molecule has 38 heavy (non-hydrogen) atoms. The highest BCUT2D eigenvalue weighted by atomic mass is 16.5. The summed E-state index contributed by atoms with van der Waals surface area (Å²) in [6, 6.07) is 13.3. The van der Waals surface area contributed by atoms with Crippen LogP contribution in [-0.4, -0.2) is 43.6 Å². The van der Waals surface area contributed by atoms with Crippen molar-refractivity contribution in [3.63, 3.8) is 0 Å². The van der Waals surface area contributed by atoms with E-state index in [9.17, 15) is 35.1 Å². The first kappa shape index (κ1) is 24.4. The van der Waals surface area contributed by atoms with E-state index in [1.54, 1.807) is 24.4 Å². The molecule has 0 saturated heterocycles. The summed E-state index contributed by atoms with van der Waals surface area (Å²) in [5.74, 6) is -4.96. The number of carbonyl (C=O) groups excluding carboxylic acids is 1. The topological polar surface area (TPSA) is 171 Å². The molecule has 0 radical (unpaired) electrons. The monoisotopic (exact) mass is 515 g/mol. The van der Waals surface area contributed by atoms with Crippen molar-refractivity contribution in [2.75, 3.05) is 7.11 Å². The number of carbonyl (C=O) groups is 1. The maximum Gasteiger partial charge on any atom is 0.306 e. The maximum atomic E-state index is 13.2. The molecule has 0 spiro atoms. The molecule has 2 aromatic heterocycles. The van der Waals surface area contributed by atoms with Crippen molar-refractivity contribution in [2.24, 2.45) is 0 Å². The predicted molar refractivity (Wildman–Crippen MR) is 136 cm³/mol. The predicted octanol–water partition coefficient (Wildman–Crippen LogP) is 4.23. The molecule has 2 heterocycles. The number of esters is 1. The number of hydrogen-bond donors (Lipinski definition) is 5. The molecule has 0 amide bonds. The second-order valence-electron chi connectivity index (χ2n) is 8.60. The zero-order chi connectivity index (χ0) is 27.1. The van der Waals surface area contributed by atoms with Crippen LogP contribution in [0.4, 0.5) is 0 Å². The average molecular weight is 515 g/mol. The minimum atomic E-state index is -1.01. The highest BCUT2D eigenvalue weighted by Gasteiger charge is 2.31. The Morgan fingerprint density at radius 2 is 1.71 bits per heavy atom. The summed E-state index contributed by atoms with van der Waals surface area (Å²) >= 11 is 0. The van der Waals surface area contributed by atoms with Gasteiger partial charge in [-0.15, -0.1) is 0 Å². The van der Waals surface area contributed by atoms with Gasteiger partial charge in [0, 0.05) is 34.7 Å². The number of fused-ring (bicyclic) bond motifs is 2. The van der Waals surface area contributed by atoms with Crippen LogP contribution in [0.2, 0.25) is 0 Å². The third-order valence-corrected chi connectivity index (χ3v) is 6.36. The number of nitrogens with zero attached hydrogens (tertiary/aromatic N) is 1. The summed E-state index contributed by atoms with van der Waals surface area (Å²) < 4.78 is 10.8. The maximum absolute atomic E-state index is 13.2. The summed E-state index contributed by atoms with van der Waals surface area (Å²) in [4.78, 5) is 30.2. The van der Waals surface area contributed by atoms with Crippen molar-refractivity contribution in [1.82, 2.24) is 4.98 Å². The molecule has 5 N–H and O–H groups in total. The molecule has 10 heteroatoms. The Morgan fingerprint density at radius 1 is 0.947 bits per heavy atom. The SMILES string of the molecule is COC(=O)C[C@@H](c1cccc2cccnc12)c1c(O)cc(O)c2c(=O)c(O)c(-c3ccc(O)c(O)c3)oc12. The van der Waals surface area contributed by atoms with E-state index in [-0.39, 0.29) is 23.1 Å². The molecular weight excluding hydrogens is 494 g/mol. The molecule has 0 unspecified atom stereocenters. The van der Waals surface area contributed by atoms with Crippen LogP contribution < -0.4 is 5.43 Å². The van der Waals surface area contributed by atoms with E-state index >= 15 is 0 Å². The Balaban J connectivity index is 1.88. The van der Waals surface area contributed by atoms with Crippen LogP contribution in [0, 0.1) is 0 Å². The molecule has 0 bridgehead atoms. The van der Waals surface area contributed by atoms with E-state index in [0.29, 0.717) is 11.1 Å². The lowest BCUT2D eigenvalue weighted by Gasteiger charge is -2.21. The molecule has 10 nitrogen and oxygen atoms in total. The second-order valence-corrected chi connectivity index (χ2v) is 8.60. The third-order valence-electron chi connectivity index (χ3n) is 6.36. The molecule has 0 fully saturated rings. The van der Waals surface area contributed by atoms with E-state index in [4.69, 9.17) is 9.15 Å². The van der Waals surface area contributed by atoms with Crippen LogP contribution in [0.25, 0.3) is 33.2 Å². The molecule has 192 valence electrons. The van der Waals surface area contributed by atoms with Crippen molar-refractivity contribution < 1.29 is 39.5 Å². The Labute approximate surface area is 214 Å². The summed E-state index contributed by atoms with van der Waals surface area (Å²) in [5, 5.41) is 52.2. The number of pyridine rings is 1. The summed E-state index contributed by atoms with van der Waals surface area (Å²) in [5.41, 5.74) is -0.274. The first-order valence-electron chi connectivity index (χ1n) is 11.4. The van der Waals surface area contributed by atoms with Gasteiger partial charge in [0.05, 0.1) is 19.0 Å². The van der Waals surface area contributed by atoms with Crippen molar-refractivity contribution >= 4 is 27.8 Å². The fraction of sp³-hybridized carbons (Fsp3) is 0.107. The van der Waals surface area contributed by atoms with Gasteiger partial charge in [0.25, 0.3) is 0 Å². The number of aromatic hydroxyl groups is 5. The van der Waals surface area contributed by atoms with Crippen molar-refractivity contribution in [3.05, 3.63) is 82.1 Å². The highest BCUT2D eigenvalue weighted by molar-refractivity contribution is 5.93. The van der Waals surface area contributed by atoms with Crippen LogP contribution in [0.1, 0.15) is 23.5 Å². The normalized spacial score (nSPS) is 12.0. The zero-order valence-corrected chi connectivity index (χ0v) is 19.9. The van der Waals surface area contributed by atoms with Crippen LogP contribution in [0.15, 0.2) is 70.0 Å². The van der Waals surface area contributed by atoms with E-state index < -0.39 is 57.2 Å². The van der Waals surface area contributed by atoms with Gasteiger partial charge in [0.1, 0.15) is 22.5 Å². The highest BCUT2D eigenvalue weighted by Crippen LogP contribution is 2.45. The Bertz CT molecular complexity index is 1790. The van der Waals surface area contributed by atoms with E-state index in [2.05, 4.69) is 4.98 Å². The Kier molecular flexibility index (Phi) is 6.00. The number of para-hydroxylation sites is 1. The van der Waals surface area contributed by atoms with Crippen LogP contribution in [-0.2, 0) is 9.53 Å². The summed E-state index contributed by atoms with van der Waals surface area (Å²) in [7, 11) is 1.21. The Morgan fingerprint density at radius 3 is 2.45 bits per heavy atom. The number of ether oxygens (including phenoxy) is 1. The summed E-state index contributed by atoms with van der Waals surface area (Å²) in [6.45, 7) is 0. The van der Waals surface area contributed by atoms with Crippen molar-refractivity contribution in [2.45, 2.75) is 12.3 Å². The van der Waals surface area contributed by atoms with Gasteiger partial charge in [-0.1, -0.05) is 24.3 Å². The lowest BCUT2D eigenvalue weighted by molar-refractivity contribution is -0.140. The quantitative estimate of drug-likeness (QED) is 0.168. The molecule has 0 saturated carbocycles. The van der Waals surface area contributed by atoms with Crippen LogP contribution in [0.3, 0.4) is 0 Å². The van der Waals surface area contributed by atoms with Gasteiger partial charge >= 0.3 is 5.97 Å². The van der Waals surface area contributed by atoms with Crippen molar-refractivity contribution in [1.29, 1.82) is 0 Å². The summed E-state index contributed by atoms with van der Waals surface area (Å²) in [6.07, 6.45) is 1.28. The lowest BCUT2D eigenvalue weighted by Crippen LogP contribution is -2.13. The molecule has 0 aliphatic carbocycles. The molecule has 0 aliphatic heterocycles. The number of methoxy groups -OCH3 is 1. The van der Waals surface area contributed by atoms with E-state index in [0.717, 1.165) is 23.6 Å². The minimum absolute atomic E-state index is 0.0253. The van der Waals surface area contributed by atoms with Crippen LogP contribution in [0.5, 0.6) is 28.7 Å². The van der Waals surface area contributed by atoms with E-state index in [1.165, 1.54) is 13.2 Å². The number of hydrogen-bond acceptors (Lipinski definition) is 10. The zero-order valence-electron chi connectivity index (χ0n) is 19.9. The minimum Gasteiger partial charge on any atom is -0.507 e. The second kappa shape index (κ2) is 9.32. The van der Waals surface area contributed by atoms with Gasteiger partial charge in [-0.3, -0.25) is 14.6 Å². The average Bonchev–Trinajstić information content (AvgIpc) is 2.90. The van der Waals surface area contributed by atoms with Gasteiger partial charge in [0.2, 0.25) is 11.2 Å². The standard InChI is InChI=1S/C28H21NO9/c1-37-21(34)11-16(15-6-2-4-13-5-3-9-29-24(13)15)22-19(32)12-20(33)23-25(35)26(36)27(38-28(22)23)14-7-8-17(30)18(31)10-14/h2-10,12,16,30-33,36H,11H2,1H3/t16-/m0/s1. The van der Waals surface area contributed by atoms with Crippen LogP contribution >= 0.6 is 0 Å². The van der Waals surface area contributed by atoms with E-state index in [1.807, 2.05) is 12.1 Å². The van der Waals surface area contributed by atoms with Gasteiger partial charge in [-0.05, 0) is 29.8 Å². The molecule has 5 aromatic rings. The first-order chi connectivity index (χ1) is 18.2. The van der Waals surface area contributed by atoms with Gasteiger partial charge < -0.3 is 34.7 Å². The first-order valence-corrected chi connectivity index (χ1v) is 11.4. The lowest BCUT2D eigenvalue weighted by atomic mass is 9.85. The number of aromatic nitrogens is 1. The molecular formula is C28H21NO9. The molecule has 3 aromatic carbocycles. The number of rotatable bonds is 5. The molecule has 1 atom stereocenters. The molecule has 0 aliphatic rings. The number of benzene rings is 3. The van der Waals surface area contributed by atoms with Gasteiger partial charge in [-0.25, -0.2) is 0 Å². The smallest absolute Gasteiger partial charge is 0.306 e.